The molecule has 0 spiro atoms. The highest BCUT2D eigenvalue weighted by atomic mass is 35.5. The average Bonchev–Trinajstić information content (AvgIpc) is 2.38. The molecule has 0 aromatic heterocycles. The number of nitro benzene ring substituents is 1. The number of hydrogen-bond donors (Lipinski definition) is 1. The minimum absolute atomic E-state index is 0. The van der Waals surface area contributed by atoms with Gasteiger partial charge in [0.15, 0.2) is 5.75 Å². The lowest BCUT2D eigenvalue weighted by atomic mass is 10.1. The first-order chi connectivity index (χ1) is 8.61. The standard InChI is InChI=1S/C12H17N3O3.ClH/c1-18-12-8-10(2-3-11(12)15(16)17)14-6-4-9(13)5-7-14;/h2-3,8-9H,4-7,13H2,1H3;1H. The van der Waals surface area contributed by atoms with E-state index in [-0.39, 0.29) is 24.1 Å². The highest BCUT2D eigenvalue weighted by Gasteiger charge is 2.20. The van der Waals surface area contributed by atoms with Crippen molar-refractivity contribution in [1.29, 1.82) is 0 Å². The Hall–Kier alpha value is -1.53. The molecule has 19 heavy (non-hydrogen) atoms. The molecule has 2 N–H and O–H groups in total. The van der Waals surface area contributed by atoms with Gasteiger partial charge >= 0.3 is 5.69 Å². The number of anilines is 1. The molecule has 7 heteroatoms. The maximum Gasteiger partial charge on any atom is 0.311 e. The zero-order valence-electron chi connectivity index (χ0n) is 10.7. The molecule has 0 unspecified atom stereocenters. The molecular weight excluding hydrogens is 270 g/mol. The molecule has 1 aromatic carbocycles. The van der Waals surface area contributed by atoms with Gasteiger partial charge in [0.2, 0.25) is 0 Å². The van der Waals surface area contributed by atoms with Crippen molar-refractivity contribution >= 4 is 23.8 Å². The molecule has 1 saturated heterocycles. The van der Waals surface area contributed by atoms with Crippen molar-refractivity contribution in [1.82, 2.24) is 0 Å². The van der Waals surface area contributed by atoms with Crippen LogP contribution in [0.2, 0.25) is 0 Å². The van der Waals surface area contributed by atoms with E-state index in [1.165, 1.54) is 13.2 Å². The number of piperidine rings is 1. The predicted octanol–water partition coefficient (Wildman–Crippen LogP) is 1.95. The average molecular weight is 288 g/mol. The number of nitro groups is 1. The third-order valence-corrected chi connectivity index (χ3v) is 3.26. The van der Waals surface area contributed by atoms with E-state index in [4.69, 9.17) is 10.5 Å². The van der Waals surface area contributed by atoms with Gasteiger partial charge in [-0.25, -0.2) is 0 Å². The number of nitrogens with zero attached hydrogens (tertiary/aromatic N) is 2. The molecule has 1 fully saturated rings. The molecule has 0 bridgehead atoms. The second kappa shape index (κ2) is 6.58. The molecule has 0 amide bonds. The maximum atomic E-state index is 10.8. The smallest absolute Gasteiger partial charge is 0.311 e. The molecule has 0 saturated carbocycles. The number of methoxy groups -OCH3 is 1. The minimum atomic E-state index is -0.436. The van der Waals surface area contributed by atoms with E-state index in [2.05, 4.69) is 4.90 Å². The van der Waals surface area contributed by atoms with Gasteiger partial charge in [-0.1, -0.05) is 0 Å². The normalized spacial score (nSPS) is 15.8. The second-order valence-electron chi connectivity index (χ2n) is 4.44. The van der Waals surface area contributed by atoms with E-state index in [0.29, 0.717) is 5.75 Å². The Labute approximate surface area is 118 Å². The lowest BCUT2D eigenvalue weighted by Gasteiger charge is -2.32. The Balaban J connectivity index is 0.00000180. The maximum absolute atomic E-state index is 10.8. The second-order valence-corrected chi connectivity index (χ2v) is 4.44. The van der Waals surface area contributed by atoms with Crippen molar-refractivity contribution in [2.24, 2.45) is 5.73 Å². The van der Waals surface area contributed by atoms with Crippen LogP contribution >= 0.6 is 12.4 Å². The quantitative estimate of drug-likeness (QED) is 0.679. The summed E-state index contributed by atoms with van der Waals surface area (Å²) in [6.07, 6.45) is 1.89. The molecule has 1 aromatic rings. The van der Waals surface area contributed by atoms with Crippen LogP contribution in [-0.4, -0.2) is 31.2 Å². The molecule has 1 aliphatic rings. The van der Waals surface area contributed by atoms with Gasteiger partial charge in [0.05, 0.1) is 12.0 Å². The van der Waals surface area contributed by atoms with Gasteiger partial charge in [-0.05, 0) is 18.9 Å². The van der Waals surface area contributed by atoms with Gasteiger partial charge in [-0.2, -0.15) is 0 Å². The fourth-order valence-corrected chi connectivity index (χ4v) is 2.17. The first-order valence-electron chi connectivity index (χ1n) is 5.95. The van der Waals surface area contributed by atoms with Crippen molar-refractivity contribution in [2.45, 2.75) is 18.9 Å². The van der Waals surface area contributed by atoms with Crippen LogP contribution in [0.25, 0.3) is 0 Å². The van der Waals surface area contributed by atoms with E-state index >= 15 is 0 Å². The van der Waals surface area contributed by atoms with Gasteiger partial charge < -0.3 is 15.4 Å². The summed E-state index contributed by atoms with van der Waals surface area (Å²) < 4.78 is 5.07. The summed E-state index contributed by atoms with van der Waals surface area (Å²) in [5.41, 5.74) is 6.80. The van der Waals surface area contributed by atoms with Crippen molar-refractivity contribution in [3.8, 4) is 5.75 Å². The molecule has 106 valence electrons. The Bertz CT molecular complexity index is 448. The number of nitrogens with two attached hydrogens (primary N) is 1. The number of halogens is 1. The topological polar surface area (TPSA) is 81.6 Å². The van der Waals surface area contributed by atoms with Crippen LogP contribution in [0, 0.1) is 10.1 Å². The molecular formula is C12H18ClN3O3. The first-order valence-corrected chi connectivity index (χ1v) is 5.95. The number of hydrogen-bond acceptors (Lipinski definition) is 5. The Kier molecular flexibility index (Phi) is 5.38. The van der Waals surface area contributed by atoms with Crippen molar-refractivity contribution in [3.63, 3.8) is 0 Å². The van der Waals surface area contributed by atoms with Crippen LogP contribution < -0.4 is 15.4 Å². The highest BCUT2D eigenvalue weighted by Crippen LogP contribution is 2.32. The van der Waals surface area contributed by atoms with Gasteiger partial charge in [-0.15, -0.1) is 12.4 Å². The Morgan fingerprint density at radius 1 is 1.42 bits per heavy atom. The van der Waals surface area contributed by atoms with Gasteiger partial charge in [-0.3, -0.25) is 10.1 Å². The van der Waals surface area contributed by atoms with Crippen molar-refractivity contribution in [3.05, 3.63) is 28.3 Å². The summed E-state index contributed by atoms with van der Waals surface area (Å²) in [4.78, 5) is 12.5. The van der Waals surface area contributed by atoms with Crippen LogP contribution in [0.3, 0.4) is 0 Å². The number of ether oxygens (including phenoxy) is 1. The summed E-state index contributed by atoms with van der Waals surface area (Å²) in [7, 11) is 1.44. The number of rotatable bonds is 3. The lowest BCUT2D eigenvalue weighted by molar-refractivity contribution is -0.385. The van der Waals surface area contributed by atoms with Crippen LogP contribution in [0.1, 0.15) is 12.8 Å². The fourth-order valence-electron chi connectivity index (χ4n) is 2.17. The summed E-state index contributed by atoms with van der Waals surface area (Å²) >= 11 is 0. The highest BCUT2D eigenvalue weighted by molar-refractivity contribution is 5.85. The van der Waals surface area contributed by atoms with Gasteiger partial charge in [0.1, 0.15) is 0 Å². The molecule has 2 rings (SSSR count). The van der Waals surface area contributed by atoms with Gasteiger partial charge in [0.25, 0.3) is 0 Å². The van der Waals surface area contributed by atoms with E-state index in [9.17, 15) is 10.1 Å². The summed E-state index contributed by atoms with van der Waals surface area (Å²) in [5.74, 6) is 0.298. The third-order valence-electron chi connectivity index (χ3n) is 3.26. The molecule has 0 atom stereocenters. The van der Waals surface area contributed by atoms with Crippen LogP contribution in [0.5, 0.6) is 5.75 Å². The first kappa shape index (κ1) is 15.5. The van der Waals surface area contributed by atoms with Crippen molar-refractivity contribution in [2.75, 3.05) is 25.1 Å². The number of benzene rings is 1. The largest absolute Gasteiger partial charge is 0.490 e. The van der Waals surface area contributed by atoms with Crippen LogP contribution in [0.15, 0.2) is 18.2 Å². The summed E-state index contributed by atoms with van der Waals surface area (Å²) in [6, 6.07) is 5.23. The fraction of sp³-hybridized carbons (Fsp3) is 0.500. The summed E-state index contributed by atoms with van der Waals surface area (Å²) in [5, 5.41) is 10.8. The molecule has 1 heterocycles. The van der Waals surface area contributed by atoms with Crippen molar-refractivity contribution < 1.29 is 9.66 Å². The third kappa shape index (κ3) is 3.48. The zero-order valence-corrected chi connectivity index (χ0v) is 11.6. The summed E-state index contributed by atoms with van der Waals surface area (Å²) in [6.45, 7) is 1.75. The Morgan fingerprint density at radius 2 is 2.05 bits per heavy atom. The van der Waals surface area contributed by atoms with E-state index in [0.717, 1.165) is 31.6 Å². The molecule has 0 aliphatic carbocycles. The van der Waals surface area contributed by atoms with Crippen LogP contribution in [-0.2, 0) is 0 Å². The van der Waals surface area contributed by atoms with E-state index in [1.54, 1.807) is 12.1 Å². The van der Waals surface area contributed by atoms with E-state index < -0.39 is 4.92 Å². The molecule has 6 nitrogen and oxygen atoms in total. The lowest BCUT2D eigenvalue weighted by Crippen LogP contribution is -2.39. The van der Waals surface area contributed by atoms with Gasteiger partial charge in [0, 0.05) is 37.0 Å². The zero-order chi connectivity index (χ0) is 13.1. The molecule has 1 aliphatic heterocycles. The monoisotopic (exact) mass is 287 g/mol. The Morgan fingerprint density at radius 3 is 2.58 bits per heavy atom. The predicted molar refractivity (Wildman–Crippen MR) is 76.3 cm³/mol. The molecule has 0 radical (unpaired) electrons. The minimum Gasteiger partial charge on any atom is -0.490 e. The SMILES string of the molecule is COc1cc(N2CCC(N)CC2)ccc1[N+](=O)[O-].Cl. The van der Waals surface area contributed by atoms with Crippen LogP contribution in [0.4, 0.5) is 11.4 Å². The van der Waals surface area contributed by atoms with E-state index in [1.807, 2.05) is 0 Å².